The van der Waals surface area contributed by atoms with E-state index in [-0.39, 0.29) is 23.6 Å². The van der Waals surface area contributed by atoms with Crippen molar-refractivity contribution >= 4 is 128 Å². The van der Waals surface area contributed by atoms with E-state index < -0.39 is 0 Å². The first-order chi connectivity index (χ1) is 63.4. The fourth-order valence-corrected chi connectivity index (χ4v) is 11.3. The lowest BCUT2D eigenvalue weighted by Gasteiger charge is -2.11. The monoisotopic (exact) mass is 1730 g/mol. The van der Waals surface area contributed by atoms with Crippen LogP contribution in [0.3, 0.4) is 0 Å². The summed E-state index contributed by atoms with van der Waals surface area (Å²) in [5, 5.41) is 33.1. The van der Waals surface area contributed by atoms with E-state index in [1.165, 1.54) is 49.6 Å². The lowest BCUT2D eigenvalue weighted by Crippen LogP contribution is -2.13. The molecule has 0 radical (unpaired) electrons. The molecule has 130 heavy (non-hydrogen) atoms. The summed E-state index contributed by atoms with van der Waals surface area (Å²) >= 11 is 0. The average molecular weight is 1730 g/mol. The molecule has 0 unspecified atom stereocenters. The molecule has 0 spiro atoms. The smallest absolute Gasteiger partial charge is 0.249 e. The average Bonchev–Trinajstić information content (AvgIpc) is 0.865. The number of aromatic nitrogens is 11. The maximum Gasteiger partial charge on any atom is 0.249 e. The third kappa shape index (κ3) is 32.1. The topological polar surface area (TPSA) is 386 Å². The zero-order chi connectivity index (χ0) is 90.9. The Hall–Kier alpha value is -17.9. The molecule has 0 saturated carbocycles. The maximum absolute atomic E-state index is 12.1. The van der Waals surface area contributed by atoms with Gasteiger partial charge in [0.15, 0.2) is 0 Å². The number of rotatable bonds is 34. The van der Waals surface area contributed by atoms with Crippen molar-refractivity contribution in [2.45, 2.75) is 6.92 Å². The van der Waals surface area contributed by atoms with Crippen LogP contribution >= 0.6 is 0 Å². The fourth-order valence-electron chi connectivity index (χ4n) is 11.3. The minimum Gasteiger partial charge on any atom is -0.457 e. The summed E-state index contributed by atoms with van der Waals surface area (Å²) in [6.45, 7) is 10.2. The number of hydrogen-bond donors (Lipinski definition) is 11. The zero-order valence-corrected chi connectivity index (χ0v) is 71.4. The van der Waals surface area contributed by atoms with E-state index in [9.17, 15) is 19.2 Å². The van der Waals surface area contributed by atoms with Crippen LogP contribution in [-0.4, -0.2) is 130 Å². The molecule has 0 aliphatic heterocycles. The summed E-state index contributed by atoms with van der Waals surface area (Å²) < 4.78 is 23.2. The van der Waals surface area contributed by atoms with Crippen LogP contribution < -0.4 is 77.4 Å². The van der Waals surface area contributed by atoms with Crippen LogP contribution in [0.5, 0.6) is 46.1 Å². The highest BCUT2D eigenvalue weighted by Crippen LogP contribution is 2.31. The minimum absolute atomic E-state index is 0.178. The molecule has 0 saturated heterocycles. The van der Waals surface area contributed by atoms with Crippen molar-refractivity contribution in [3.05, 3.63) is 372 Å². The largest absolute Gasteiger partial charge is 0.457 e. The molecule has 7 aromatic heterocycles. The van der Waals surface area contributed by atoms with Crippen LogP contribution in [0.4, 0.5) is 104 Å². The lowest BCUT2D eigenvalue weighted by molar-refractivity contribution is -0.112. The second kappa shape index (κ2) is 48.2. The Morgan fingerprint density at radius 2 is 0.585 bits per heavy atom. The Morgan fingerprint density at radius 3 is 0.962 bits per heavy atom. The second-order valence-electron chi connectivity index (χ2n) is 28.2. The van der Waals surface area contributed by atoms with Gasteiger partial charge in [-0.15, -0.1) is 0 Å². The van der Waals surface area contributed by atoms with E-state index in [2.05, 4.69) is 126 Å². The van der Waals surface area contributed by atoms with Gasteiger partial charge in [-0.25, -0.2) is 54.8 Å². The molecular weight excluding hydrogens is 1640 g/mol. The molecule has 15 rings (SSSR count). The number of aryl methyl sites for hydroxylation is 1. The summed E-state index contributed by atoms with van der Waals surface area (Å²) in [5.41, 5.74) is 5.14. The summed E-state index contributed by atoms with van der Waals surface area (Å²) in [7, 11) is 7.77. The van der Waals surface area contributed by atoms with Gasteiger partial charge in [0.05, 0.1) is 0 Å². The Bertz CT molecular complexity index is 6080. The molecule has 0 aliphatic rings. The third-order valence-electron chi connectivity index (χ3n) is 17.2. The zero-order valence-electron chi connectivity index (χ0n) is 71.4. The van der Waals surface area contributed by atoms with Crippen molar-refractivity contribution in [3.8, 4) is 46.1 Å². The Balaban J connectivity index is 0.000000158. The quantitative estimate of drug-likeness (QED) is 0.0167. The molecule has 11 N–H and O–H groups in total. The van der Waals surface area contributed by atoms with E-state index in [0.717, 1.165) is 62.8 Å². The first-order valence-corrected chi connectivity index (χ1v) is 40.4. The summed E-state index contributed by atoms with van der Waals surface area (Å²) in [6, 6.07) is 89.5. The lowest BCUT2D eigenvalue weighted by atomic mass is 10.2. The van der Waals surface area contributed by atoms with Gasteiger partial charge in [0.1, 0.15) is 141 Å². The van der Waals surface area contributed by atoms with Crippen LogP contribution in [0.25, 0.3) is 0 Å². The van der Waals surface area contributed by atoms with Gasteiger partial charge >= 0.3 is 0 Å². The molecule has 32 heteroatoms. The first-order valence-electron chi connectivity index (χ1n) is 40.4. The van der Waals surface area contributed by atoms with Crippen molar-refractivity contribution in [1.82, 2.24) is 64.6 Å². The van der Waals surface area contributed by atoms with Gasteiger partial charge in [-0.1, -0.05) is 116 Å². The molecular formula is C98H92N24O8. The molecule has 4 amide bonds. The summed E-state index contributed by atoms with van der Waals surface area (Å²) in [5.74, 6) is 11.5. The van der Waals surface area contributed by atoms with Crippen LogP contribution in [0.1, 0.15) is 5.56 Å². The van der Waals surface area contributed by atoms with Crippen molar-refractivity contribution in [3.63, 3.8) is 0 Å². The number of carbonyl (C=O) groups is 4. The van der Waals surface area contributed by atoms with Gasteiger partial charge < -0.3 is 87.2 Å². The van der Waals surface area contributed by atoms with E-state index in [1.807, 2.05) is 269 Å². The predicted molar refractivity (Wildman–Crippen MR) is 511 cm³/mol. The van der Waals surface area contributed by atoms with Crippen molar-refractivity contribution in [2.24, 2.45) is 0 Å². The normalized spacial score (nSPS) is 10.5. The molecule has 0 bridgehead atoms. The summed E-state index contributed by atoms with van der Waals surface area (Å²) in [4.78, 5) is 97.9. The van der Waals surface area contributed by atoms with Gasteiger partial charge in [-0.3, -0.25) is 19.2 Å². The van der Waals surface area contributed by atoms with E-state index in [0.29, 0.717) is 106 Å². The highest BCUT2D eigenvalue weighted by atomic mass is 16.5. The number of ether oxygens (including phenoxy) is 4. The van der Waals surface area contributed by atoms with Gasteiger partial charge in [0, 0.05) is 77.9 Å². The van der Waals surface area contributed by atoms with E-state index in [4.69, 9.17) is 18.9 Å². The SMILES string of the molecule is C=CC(=O)Nc1cccc(Nc2cc(Nc3ccc(Oc4ccccc4)cc3)ncn2)n1.C=CC(=O)Nc1cccc(Nc2cc(Oc3cccc(C)c3)ncn2)n1.CN(C)C/C=C/C(=O)Nc1cccc(Nc2cc(Nc3ccc(Oc4ccccc4)cc3)ncn2)c1.CN(C)C/C=C/C(=O)Nc1cccc(Nc2cc(Nc3ccc(Oc4ccccc4)cc3)ncn2)n1. The number of carbonyl (C=O) groups excluding carboxylic acids is 4. The molecule has 8 aromatic carbocycles. The Labute approximate surface area is 751 Å². The van der Waals surface area contributed by atoms with Crippen molar-refractivity contribution in [2.75, 3.05) is 99.8 Å². The number of amides is 4. The molecule has 32 nitrogen and oxygen atoms in total. The highest BCUT2D eigenvalue weighted by molar-refractivity contribution is 6.01. The minimum atomic E-state index is -0.330. The van der Waals surface area contributed by atoms with Gasteiger partial charge in [-0.2, -0.15) is 0 Å². The number of nitrogens with zero attached hydrogens (tertiary/aromatic N) is 13. The second-order valence-corrected chi connectivity index (χ2v) is 28.2. The van der Waals surface area contributed by atoms with Crippen molar-refractivity contribution in [1.29, 1.82) is 0 Å². The molecule has 0 atom stereocenters. The number of nitrogens with one attached hydrogen (secondary N) is 11. The molecule has 7 heterocycles. The Morgan fingerprint density at radius 1 is 0.277 bits per heavy atom. The van der Waals surface area contributed by atoms with Crippen LogP contribution in [0.15, 0.2) is 366 Å². The number of hydrogen-bond acceptors (Lipinski definition) is 28. The molecule has 0 aliphatic carbocycles. The Kier molecular flexibility index (Phi) is 33.9. The first kappa shape index (κ1) is 91.3. The molecule has 15 aromatic rings. The van der Waals surface area contributed by atoms with Gasteiger partial charge in [0.2, 0.25) is 29.5 Å². The van der Waals surface area contributed by atoms with E-state index >= 15 is 0 Å². The van der Waals surface area contributed by atoms with Crippen molar-refractivity contribution < 1.29 is 38.1 Å². The molecule has 652 valence electrons. The number of benzene rings is 8. The van der Waals surface area contributed by atoms with Crippen LogP contribution in [0.2, 0.25) is 0 Å². The maximum atomic E-state index is 12.1. The fraction of sp³-hybridized carbons (Fsp3) is 0.0714. The third-order valence-corrected chi connectivity index (χ3v) is 17.2. The van der Waals surface area contributed by atoms with Crippen LogP contribution in [0, 0.1) is 6.92 Å². The molecule has 0 fully saturated rings. The highest BCUT2D eigenvalue weighted by Gasteiger charge is 2.13. The van der Waals surface area contributed by atoms with Gasteiger partial charge in [-0.05, 0) is 229 Å². The number of likely N-dealkylation sites (N-methyl/N-ethyl adjacent to an activating group) is 2. The number of pyridine rings is 3. The summed E-state index contributed by atoms with van der Waals surface area (Å²) in [6.07, 6.45) is 14.8. The number of anilines is 18. The standard InChI is InChI=1S/C28H28N6O2.C27H27N7O2.C24H20N6O2.C19H17N5O2/c1-34(2)17-7-12-28(35)33-23-9-6-8-22(18-23)32-27-19-26(29-20-30-27)31-21-13-15-25(16-14-21)36-24-10-4-3-5-11-24;1-34(2)17-7-12-27(35)33-24-11-6-10-23(31-24)32-26-18-25(28-19-29-26)30-20-13-15-22(16-14-20)36-21-8-4-3-5-9-21;1-2-24(31)30-21-10-6-9-20(28-21)29-23-15-22(25-16-26-23)27-17-11-13-19(14-12-17)32-18-7-4-3-5-8-18;1-3-18(25)24-16-9-5-8-15(22-16)23-17-11-19(21-12-20-17)26-14-7-4-6-13(2)10-14/h3-16,18-20H,17H2,1-2H3,(H,33,35)(H2,29,30,31,32);3-16,18-19H,17H2,1-2H3,(H3,28,29,30,31,32,33,35);2-16H,1H2,(H3,25,26,27,28,29,30,31);3-12H,1H2,2H3,(H2,20,21,22,23,24,25)/b2*12-7+;;. The van der Waals surface area contributed by atoms with Gasteiger partial charge in [0.25, 0.3) is 0 Å². The van der Waals surface area contributed by atoms with Crippen LogP contribution in [-0.2, 0) is 19.2 Å². The predicted octanol–water partition coefficient (Wildman–Crippen LogP) is 20.1. The number of para-hydroxylation sites is 3. The van der Waals surface area contributed by atoms with E-state index in [1.54, 1.807) is 78.9 Å².